The van der Waals surface area contributed by atoms with Gasteiger partial charge in [0.1, 0.15) is 0 Å². The number of allylic oxidation sites excluding steroid dienone is 4. The van der Waals surface area contributed by atoms with Crippen LogP contribution in [0, 0.1) is 6.42 Å². The third-order valence-electron chi connectivity index (χ3n) is 6.64. The molecule has 220 valence electrons. The van der Waals surface area contributed by atoms with Crippen molar-refractivity contribution in [1.29, 1.82) is 0 Å². The minimum atomic E-state index is -0.446. The van der Waals surface area contributed by atoms with E-state index >= 15 is 0 Å². The zero-order valence-electron chi connectivity index (χ0n) is 25.0. The molecule has 1 aliphatic carbocycles. The van der Waals surface area contributed by atoms with Gasteiger partial charge in [0.05, 0.1) is 0 Å². The molecule has 0 saturated carbocycles. The summed E-state index contributed by atoms with van der Waals surface area (Å²) >= 11 is 0. The van der Waals surface area contributed by atoms with E-state index in [4.69, 9.17) is 0 Å². The molecule has 0 unspecified atom stereocenters. The van der Waals surface area contributed by atoms with Gasteiger partial charge in [0.25, 0.3) is 0 Å². The molecular weight excluding hydrogens is 666 g/mol. The van der Waals surface area contributed by atoms with Crippen LogP contribution in [0.2, 0.25) is 0 Å². The number of hydrogen-bond acceptors (Lipinski definition) is 0. The van der Waals surface area contributed by atoms with Crippen LogP contribution in [-0.4, -0.2) is 8.41 Å². The van der Waals surface area contributed by atoms with Crippen molar-refractivity contribution >= 4 is 56.1 Å². The summed E-state index contributed by atoms with van der Waals surface area (Å²) in [5, 5.41) is 8.39. The van der Waals surface area contributed by atoms with Crippen molar-refractivity contribution in [2.75, 3.05) is 0 Å². The van der Waals surface area contributed by atoms with Crippen LogP contribution in [0.15, 0.2) is 206 Å². The van der Waals surface area contributed by atoms with Crippen molar-refractivity contribution in [3.63, 3.8) is 0 Å². The summed E-state index contributed by atoms with van der Waals surface area (Å²) in [5.74, 6) is 0. The van der Waals surface area contributed by atoms with E-state index in [1.165, 1.54) is 31.8 Å². The van der Waals surface area contributed by atoms with Crippen LogP contribution in [0.1, 0.15) is 0 Å². The molecule has 0 aliphatic heterocycles. The molecule has 1 aliphatic rings. The number of hydrogen-bond donors (Lipinski definition) is 0. The van der Waals surface area contributed by atoms with Gasteiger partial charge in [-0.05, 0) is 47.7 Å². The molecule has 0 atom stereocenters. The second-order valence-electron chi connectivity index (χ2n) is 9.65. The van der Waals surface area contributed by atoms with Gasteiger partial charge in [-0.3, -0.25) is 0 Å². The topological polar surface area (TPSA) is 0 Å². The minimum Gasteiger partial charge on any atom is -1.00 e. The summed E-state index contributed by atoms with van der Waals surface area (Å²) < 4.78 is 0. The maximum atomic E-state index is 2.23. The van der Waals surface area contributed by atoms with Gasteiger partial charge in [-0.1, -0.05) is 206 Å². The zero-order chi connectivity index (χ0) is 29.4. The van der Waals surface area contributed by atoms with Crippen LogP contribution >= 0.6 is 15.8 Å². The van der Waals surface area contributed by atoms with E-state index in [9.17, 15) is 0 Å². The Morgan fingerprint density at radius 3 is 0.556 bits per heavy atom. The van der Waals surface area contributed by atoms with Crippen LogP contribution in [-0.2, 0) is 19.5 Å². The zero-order valence-corrected chi connectivity index (χ0v) is 28.6. The first kappa shape index (κ1) is 35.8. The van der Waals surface area contributed by atoms with Crippen LogP contribution in [0.3, 0.4) is 0 Å². The first-order valence-corrected chi connectivity index (χ1v) is 17.2. The van der Waals surface area contributed by atoms with Gasteiger partial charge < -0.3 is 8.41 Å². The molecule has 0 heterocycles. The summed E-state index contributed by atoms with van der Waals surface area (Å²) in [7, 11) is -0.892. The summed E-state index contributed by atoms with van der Waals surface area (Å²) in [6.45, 7) is 0. The maximum absolute atomic E-state index is 2.23. The smallest absolute Gasteiger partial charge is 1.00 e. The molecule has 0 saturated heterocycles. The molecule has 0 amide bonds. The Hall–Kier alpha value is -3.65. The van der Waals surface area contributed by atoms with E-state index in [0.717, 1.165) is 0 Å². The van der Waals surface area contributed by atoms with Crippen molar-refractivity contribution in [3.05, 3.63) is 213 Å². The van der Waals surface area contributed by atoms with E-state index in [2.05, 4.69) is 182 Å². The predicted molar refractivity (Wildman–Crippen MR) is 199 cm³/mol. The van der Waals surface area contributed by atoms with Crippen molar-refractivity contribution in [2.24, 2.45) is 0 Å². The molecule has 0 fully saturated rings. The fourth-order valence-corrected chi connectivity index (χ4v) is 9.29. The first-order chi connectivity index (χ1) is 21.4. The second-order valence-corrected chi connectivity index (χ2v) is 14.1. The van der Waals surface area contributed by atoms with E-state index in [1.54, 1.807) is 0 Å². The molecule has 6 aromatic carbocycles. The van der Waals surface area contributed by atoms with Crippen molar-refractivity contribution < 1.29 is 19.5 Å². The largest absolute Gasteiger partial charge is 1.00 e. The van der Waals surface area contributed by atoms with Crippen molar-refractivity contribution in [1.82, 2.24) is 0 Å². The Morgan fingerprint density at radius 2 is 0.422 bits per heavy atom. The molecule has 0 nitrogen and oxygen atoms in total. The maximum Gasteiger partial charge on any atom is 1.00 e. The normalized spacial score (nSPS) is 10.9. The van der Waals surface area contributed by atoms with Gasteiger partial charge in [0.15, 0.2) is 0 Å². The van der Waals surface area contributed by atoms with Gasteiger partial charge in [-0.25, -0.2) is 0 Å². The summed E-state index contributed by atoms with van der Waals surface area (Å²) in [4.78, 5) is 0. The third-order valence-corrected chi connectivity index (χ3v) is 11.5. The Balaban J connectivity index is 0.000000204. The molecule has 0 bridgehead atoms. The minimum absolute atomic E-state index is 0. The standard InChI is InChI=1S/2C18H15P.C5H5.B.Ru/c2*1-4-10-16(11-5-1)19(17-12-6-2-7-13-17)18-14-8-3-9-15-18;1-2-4-5-3-1;;/h2*1-15H;1-5H;;/q;;;-1;+1. The molecular formula is C41H35BP2Ru. The Morgan fingerprint density at radius 1 is 0.244 bits per heavy atom. The van der Waals surface area contributed by atoms with Gasteiger partial charge >= 0.3 is 19.5 Å². The fraction of sp³-hybridized carbons (Fsp3) is 0. The molecule has 45 heavy (non-hydrogen) atoms. The van der Waals surface area contributed by atoms with E-state index in [0.29, 0.717) is 0 Å². The SMILES string of the molecule is [B-].[CH]1C=CC=C1.[Ru+].c1ccc(P(c2ccccc2)c2ccccc2)cc1.c1ccc(P(c2ccccc2)c2ccccc2)cc1. The van der Waals surface area contributed by atoms with Gasteiger partial charge in [0, 0.05) is 6.42 Å². The molecule has 0 aromatic heterocycles. The molecule has 0 spiro atoms. The fourth-order valence-electron chi connectivity index (χ4n) is 4.68. The monoisotopic (exact) mass is 702 g/mol. The Kier molecular flexibility index (Phi) is 16.2. The molecule has 7 rings (SSSR count). The Labute approximate surface area is 286 Å². The van der Waals surface area contributed by atoms with E-state index in [1.807, 2.05) is 30.7 Å². The summed E-state index contributed by atoms with van der Waals surface area (Å²) in [5.41, 5.74) is 0. The van der Waals surface area contributed by atoms with Crippen LogP contribution in [0.25, 0.3) is 0 Å². The number of rotatable bonds is 6. The third kappa shape index (κ3) is 11.0. The van der Waals surface area contributed by atoms with Crippen LogP contribution in [0.4, 0.5) is 0 Å². The second kappa shape index (κ2) is 20.4. The first-order valence-electron chi connectivity index (χ1n) is 14.5. The number of benzene rings is 6. The Bertz CT molecular complexity index is 1350. The summed E-state index contributed by atoms with van der Waals surface area (Å²) in [6, 6.07) is 64.7. The van der Waals surface area contributed by atoms with Crippen molar-refractivity contribution in [2.45, 2.75) is 0 Å². The quantitative estimate of drug-likeness (QED) is 0.123. The van der Waals surface area contributed by atoms with E-state index < -0.39 is 15.8 Å². The average Bonchev–Trinajstić information content (AvgIpc) is 3.69. The van der Waals surface area contributed by atoms with E-state index in [-0.39, 0.29) is 27.9 Å². The average molecular weight is 702 g/mol. The summed E-state index contributed by atoms with van der Waals surface area (Å²) in [6.07, 6.45) is 10.0. The van der Waals surface area contributed by atoms with Crippen LogP contribution in [0.5, 0.6) is 0 Å². The van der Waals surface area contributed by atoms with Crippen LogP contribution < -0.4 is 31.8 Å². The van der Waals surface area contributed by atoms with Crippen molar-refractivity contribution in [3.8, 4) is 0 Å². The predicted octanol–water partition coefficient (Wildman–Crippen LogP) is 7.82. The molecule has 0 N–H and O–H groups in total. The molecule has 4 heteroatoms. The van der Waals surface area contributed by atoms with Gasteiger partial charge in [-0.2, -0.15) is 0 Å². The molecule has 6 radical (unpaired) electrons. The van der Waals surface area contributed by atoms with Gasteiger partial charge in [0.2, 0.25) is 0 Å². The van der Waals surface area contributed by atoms with Gasteiger partial charge in [-0.15, -0.1) is 0 Å². The molecule has 6 aromatic rings.